The lowest BCUT2D eigenvalue weighted by molar-refractivity contribution is 0.103. The molecule has 0 bridgehead atoms. The SMILES string of the molecule is Cc1nnc(NC(=O)c2cc([C@@H]3C[C@H]3NC(=O)O)cs2)s1. The van der Waals surface area contributed by atoms with Gasteiger partial charge in [-0.15, -0.1) is 21.5 Å². The van der Waals surface area contributed by atoms with Gasteiger partial charge in [0.05, 0.1) is 4.88 Å². The molecule has 1 fully saturated rings. The first-order chi connectivity index (χ1) is 10.0. The van der Waals surface area contributed by atoms with Gasteiger partial charge in [0.2, 0.25) is 5.13 Å². The van der Waals surface area contributed by atoms with E-state index in [2.05, 4.69) is 20.8 Å². The maximum absolute atomic E-state index is 12.1. The van der Waals surface area contributed by atoms with E-state index in [0.717, 1.165) is 17.0 Å². The molecule has 110 valence electrons. The van der Waals surface area contributed by atoms with Crippen molar-refractivity contribution in [3.8, 4) is 0 Å². The lowest BCUT2D eigenvalue weighted by Crippen LogP contribution is -2.24. The van der Waals surface area contributed by atoms with Crippen molar-refractivity contribution in [1.82, 2.24) is 15.5 Å². The number of hydrogen-bond acceptors (Lipinski definition) is 6. The molecule has 3 rings (SSSR count). The van der Waals surface area contributed by atoms with E-state index < -0.39 is 6.09 Å². The number of aryl methyl sites for hydroxylation is 1. The molecular formula is C12H12N4O3S2. The van der Waals surface area contributed by atoms with Crippen LogP contribution in [0, 0.1) is 6.92 Å². The molecule has 3 N–H and O–H groups in total. The van der Waals surface area contributed by atoms with Crippen LogP contribution >= 0.6 is 22.7 Å². The van der Waals surface area contributed by atoms with E-state index in [-0.39, 0.29) is 17.9 Å². The maximum Gasteiger partial charge on any atom is 0.404 e. The Labute approximate surface area is 128 Å². The Morgan fingerprint density at radius 1 is 1.43 bits per heavy atom. The second-order valence-electron chi connectivity index (χ2n) is 4.72. The summed E-state index contributed by atoms with van der Waals surface area (Å²) in [5.74, 6) is -0.0477. The Morgan fingerprint density at radius 2 is 2.24 bits per heavy atom. The highest BCUT2D eigenvalue weighted by Gasteiger charge is 2.40. The summed E-state index contributed by atoms with van der Waals surface area (Å²) in [6.07, 6.45) is -0.234. The molecule has 1 saturated carbocycles. The zero-order valence-corrected chi connectivity index (χ0v) is 12.6. The van der Waals surface area contributed by atoms with Crippen LogP contribution in [-0.2, 0) is 0 Å². The summed E-state index contributed by atoms with van der Waals surface area (Å²) in [5.41, 5.74) is 0.998. The maximum atomic E-state index is 12.1. The van der Waals surface area contributed by atoms with Crippen LogP contribution in [0.25, 0.3) is 0 Å². The number of thiophene rings is 1. The van der Waals surface area contributed by atoms with E-state index in [1.807, 2.05) is 18.4 Å². The van der Waals surface area contributed by atoms with Crippen LogP contribution in [0.2, 0.25) is 0 Å². The van der Waals surface area contributed by atoms with E-state index in [1.165, 1.54) is 22.7 Å². The van der Waals surface area contributed by atoms with Crippen LogP contribution in [0.15, 0.2) is 11.4 Å². The van der Waals surface area contributed by atoms with Gasteiger partial charge in [-0.2, -0.15) is 0 Å². The first-order valence-electron chi connectivity index (χ1n) is 6.22. The number of carbonyl (C=O) groups is 2. The highest BCUT2D eigenvalue weighted by molar-refractivity contribution is 7.15. The van der Waals surface area contributed by atoms with Gasteiger partial charge in [-0.1, -0.05) is 11.3 Å². The molecule has 2 atom stereocenters. The summed E-state index contributed by atoms with van der Waals surface area (Å²) < 4.78 is 0. The highest BCUT2D eigenvalue weighted by Crippen LogP contribution is 2.42. The topological polar surface area (TPSA) is 104 Å². The number of nitrogens with zero attached hydrogens (tertiary/aromatic N) is 2. The largest absolute Gasteiger partial charge is 0.465 e. The standard InChI is InChI=1S/C12H12N4O3S2/c1-5-15-16-11(21-5)14-10(17)9-2-6(4-20-9)7-3-8(7)13-12(18)19/h2,4,7-8,13H,3H2,1H3,(H,18,19)(H,14,16,17)/t7-,8+/m0/s1. The summed E-state index contributed by atoms with van der Waals surface area (Å²) in [5, 5.41) is 24.7. The molecule has 2 heterocycles. The van der Waals surface area contributed by atoms with Gasteiger partial charge in [-0.3, -0.25) is 10.1 Å². The van der Waals surface area contributed by atoms with Crippen LogP contribution in [0.3, 0.4) is 0 Å². The summed E-state index contributed by atoms with van der Waals surface area (Å²) in [6, 6.07) is 1.76. The quantitative estimate of drug-likeness (QED) is 0.800. The summed E-state index contributed by atoms with van der Waals surface area (Å²) in [4.78, 5) is 23.2. The third kappa shape index (κ3) is 3.19. The highest BCUT2D eigenvalue weighted by atomic mass is 32.1. The average molecular weight is 324 g/mol. The Bertz CT molecular complexity index is 696. The second kappa shape index (κ2) is 5.41. The van der Waals surface area contributed by atoms with Gasteiger partial charge < -0.3 is 10.4 Å². The first kappa shape index (κ1) is 14.0. The van der Waals surface area contributed by atoms with Gasteiger partial charge in [0.1, 0.15) is 5.01 Å². The number of amides is 2. The Hall–Kier alpha value is -2.00. The number of carbonyl (C=O) groups excluding carboxylic acids is 1. The van der Waals surface area contributed by atoms with Gasteiger partial charge in [-0.25, -0.2) is 4.79 Å². The van der Waals surface area contributed by atoms with Gasteiger partial charge in [0, 0.05) is 12.0 Å². The fraction of sp³-hybridized carbons (Fsp3) is 0.333. The summed E-state index contributed by atoms with van der Waals surface area (Å²) in [7, 11) is 0. The van der Waals surface area contributed by atoms with E-state index in [1.54, 1.807) is 0 Å². The summed E-state index contributed by atoms with van der Waals surface area (Å²) in [6.45, 7) is 1.82. The van der Waals surface area contributed by atoms with Crippen LogP contribution in [0.1, 0.15) is 32.6 Å². The predicted molar refractivity (Wildman–Crippen MR) is 79.2 cm³/mol. The van der Waals surface area contributed by atoms with Crippen molar-refractivity contribution in [3.05, 3.63) is 26.9 Å². The minimum Gasteiger partial charge on any atom is -0.465 e. The fourth-order valence-corrected chi connectivity index (χ4v) is 3.51. The Kier molecular flexibility index (Phi) is 3.60. The van der Waals surface area contributed by atoms with Crippen LogP contribution in [0.4, 0.5) is 9.93 Å². The molecule has 0 radical (unpaired) electrons. The van der Waals surface area contributed by atoms with Crippen molar-refractivity contribution < 1.29 is 14.7 Å². The minimum atomic E-state index is -1.01. The molecular weight excluding hydrogens is 312 g/mol. The molecule has 0 aromatic carbocycles. The van der Waals surface area contributed by atoms with Crippen LogP contribution in [-0.4, -0.2) is 33.3 Å². The van der Waals surface area contributed by atoms with E-state index in [4.69, 9.17) is 5.11 Å². The van der Waals surface area contributed by atoms with Gasteiger partial charge in [0.25, 0.3) is 5.91 Å². The number of hydrogen-bond donors (Lipinski definition) is 3. The molecule has 7 nitrogen and oxygen atoms in total. The second-order valence-corrected chi connectivity index (χ2v) is 6.82. The molecule has 2 amide bonds. The molecule has 0 saturated heterocycles. The van der Waals surface area contributed by atoms with Gasteiger partial charge in [0.15, 0.2) is 0 Å². The molecule has 0 unspecified atom stereocenters. The zero-order valence-electron chi connectivity index (χ0n) is 11.0. The van der Waals surface area contributed by atoms with Crippen molar-refractivity contribution in [2.24, 2.45) is 0 Å². The fourth-order valence-electron chi connectivity index (χ4n) is 2.05. The zero-order chi connectivity index (χ0) is 15.0. The number of rotatable bonds is 4. The molecule has 9 heteroatoms. The molecule has 0 spiro atoms. The van der Waals surface area contributed by atoms with Crippen molar-refractivity contribution in [2.45, 2.75) is 25.3 Å². The molecule has 0 aliphatic heterocycles. The monoisotopic (exact) mass is 324 g/mol. The van der Waals surface area contributed by atoms with Gasteiger partial charge in [-0.05, 0) is 30.4 Å². The van der Waals surface area contributed by atoms with E-state index in [9.17, 15) is 9.59 Å². The van der Waals surface area contributed by atoms with Crippen molar-refractivity contribution in [1.29, 1.82) is 0 Å². The van der Waals surface area contributed by atoms with E-state index >= 15 is 0 Å². The smallest absolute Gasteiger partial charge is 0.404 e. The normalized spacial score (nSPS) is 20.0. The number of nitrogens with one attached hydrogen (secondary N) is 2. The van der Waals surface area contributed by atoms with Crippen LogP contribution < -0.4 is 10.6 Å². The Balaban J connectivity index is 1.62. The van der Waals surface area contributed by atoms with E-state index in [0.29, 0.717) is 10.0 Å². The molecule has 1 aliphatic rings. The average Bonchev–Trinajstić information content (AvgIpc) is 2.86. The summed E-state index contributed by atoms with van der Waals surface area (Å²) >= 11 is 2.66. The Morgan fingerprint density at radius 3 is 2.90 bits per heavy atom. The minimum absolute atomic E-state index is 0.0428. The molecule has 21 heavy (non-hydrogen) atoms. The van der Waals surface area contributed by atoms with Gasteiger partial charge >= 0.3 is 6.09 Å². The predicted octanol–water partition coefficient (Wildman–Crippen LogP) is 2.28. The molecule has 2 aromatic heterocycles. The number of aromatic nitrogens is 2. The van der Waals surface area contributed by atoms with Crippen LogP contribution in [0.5, 0.6) is 0 Å². The third-order valence-electron chi connectivity index (χ3n) is 3.12. The third-order valence-corrected chi connectivity index (χ3v) is 4.82. The molecule has 2 aromatic rings. The van der Waals surface area contributed by atoms with Crippen molar-refractivity contribution >= 4 is 39.8 Å². The number of anilines is 1. The lowest BCUT2D eigenvalue weighted by Gasteiger charge is -1.98. The molecule has 1 aliphatic carbocycles. The lowest BCUT2D eigenvalue weighted by atomic mass is 10.2. The first-order valence-corrected chi connectivity index (χ1v) is 7.92. The number of carboxylic acid groups (broad SMARTS) is 1. The van der Waals surface area contributed by atoms with Crippen molar-refractivity contribution in [2.75, 3.05) is 5.32 Å². The van der Waals surface area contributed by atoms with Crippen molar-refractivity contribution in [3.63, 3.8) is 0 Å².